The molecule has 0 amide bonds. The van der Waals surface area contributed by atoms with E-state index >= 15 is 0 Å². The topological polar surface area (TPSA) is 80.9 Å². The van der Waals surface area contributed by atoms with E-state index in [1.54, 1.807) is 6.92 Å². The van der Waals surface area contributed by atoms with Crippen LogP contribution < -0.4 is 15.9 Å². The van der Waals surface area contributed by atoms with E-state index in [0.717, 1.165) is 25.7 Å². The van der Waals surface area contributed by atoms with Crippen LogP contribution in [0.4, 0.5) is 0 Å². The first kappa shape index (κ1) is 28.5. The van der Waals surface area contributed by atoms with Gasteiger partial charge in [0.1, 0.15) is 0 Å². The van der Waals surface area contributed by atoms with E-state index in [9.17, 15) is 20.4 Å². The molecule has 4 aromatic rings. The molecule has 0 aliphatic heterocycles. The molecule has 0 radical (unpaired) electrons. The second kappa shape index (κ2) is 13.5. The van der Waals surface area contributed by atoms with Gasteiger partial charge in [-0.15, -0.1) is 0 Å². The average molecular weight is 545 g/mol. The molecule has 0 aromatic heterocycles. The van der Waals surface area contributed by atoms with Crippen molar-refractivity contribution in [2.75, 3.05) is 6.16 Å². The van der Waals surface area contributed by atoms with E-state index < -0.39 is 18.8 Å². The molecule has 0 saturated carbocycles. The van der Waals surface area contributed by atoms with Crippen molar-refractivity contribution in [2.24, 2.45) is 0 Å². The zero-order valence-corrected chi connectivity index (χ0v) is 23.8. The molecule has 0 unspecified atom stereocenters. The minimum absolute atomic E-state index is 0.328. The Hall–Kier alpha value is -3.49. The summed E-state index contributed by atoms with van der Waals surface area (Å²) in [7, 11) is -2.15. The molecule has 0 heterocycles. The van der Waals surface area contributed by atoms with Crippen LogP contribution in [0.1, 0.15) is 56.1 Å². The quantitative estimate of drug-likeness (QED) is 0.0645. The number of unbranched alkanes of at least 4 members (excludes halogenated alkanes) is 6. The summed E-state index contributed by atoms with van der Waals surface area (Å²) in [5, 5.41) is 44.1. The SMILES string of the molecule is Cc1c(O)c(O)c(O)c(O)c1CCCCCCCCC[PH](c1ccccc1)(c1ccccc1)c1ccccc1. The molecule has 0 aliphatic rings. The van der Waals surface area contributed by atoms with E-state index in [-0.39, 0.29) is 11.5 Å². The number of hydrogen-bond donors (Lipinski definition) is 4. The normalized spacial score (nSPS) is 11.9. The van der Waals surface area contributed by atoms with E-state index in [2.05, 4.69) is 91.0 Å². The van der Waals surface area contributed by atoms with Crippen LogP contribution in [0.2, 0.25) is 0 Å². The van der Waals surface area contributed by atoms with Crippen LogP contribution >= 0.6 is 7.26 Å². The van der Waals surface area contributed by atoms with Crippen LogP contribution in [-0.4, -0.2) is 26.6 Å². The molecule has 39 heavy (non-hydrogen) atoms. The number of phenols is 4. The maximum atomic E-state index is 10.2. The van der Waals surface area contributed by atoms with Gasteiger partial charge in [-0.1, -0.05) is 0 Å². The third-order valence-electron chi connectivity index (χ3n) is 8.04. The fourth-order valence-electron chi connectivity index (χ4n) is 5.85. The molecule has 4 nitrogen and oxygen atoms in total. The number of phenolic OH excluding ortho intramolecular Hbond substituents is 4. The van der Waals surface area contributed by atoms with Crippen molar-refractivity contribution in [3.8, 4) is 23.0 Å². The number of aromatic hydroxyl groups is 4. The van der Waals surface area contributed by atoms with Gasteiger partial charge in [0, 0.05) is 0 Å². The Balaban J connectivity index is 1.33. The fourth-order valence-corrected chi connectivity index (χ4v) is 10.8. The fraction of sp³-hybridized carbons (Fsp3) is 0.294. The second-order valence-electron chi connectivity index (χ2n) is 10.5. The maximum absolute atomic E-state index is 10.2. The van der Waals surface area contributed by atoms with Gasteiger partial charge in [0.05, 0.1) is 0 Å². The number of benzene rings is 4. The van der Waals surface area contributed by atoms with Crippen molar-refractivity contribution in [3.05, 3.63) is 102 Å². The van der Waals surface area contributed by atoms with Gasteiger partial charge in [0.2, 0.25) is 5.75 Å². The van der Waals surface area contributed by atoms with Crippen LogP contribution in [0.15, 0.2) is 91.0 Å². The Morgan fingerprint density at radius 1 is 0.462 bits per heavy atom. The molecule has 4 N–H and O–H groups in total. The number of hydrogen-bond acceptors (Lipinski definition) is 4. The standard InChI is InChI=1S/C34H41O4P/c1-26-30(32(36)34(38)33(37)31(26)35)24-16-5-3-2-4-6-17-25-39(27-18-10-7-11-19-27,28-20-12-8-13-21-28)29-22-14-9-15-23-29/h7-15,18-23,35-39H,2-6,16-17,24-25H2,1H3. The Morgan fingerprint density at radius 3 is 1.31 bits per heavy atom. The van der Waals surface area contributed by atoms with Crippen LogP contribution in [0, 0.1) is 6.92 Å². The summed E-state index contributed by atoms with van der Waals surface area (Å²) in [5.41, 5.74) is 0.928. The van der Waals surface area contributed by atoms with Crippen molar-refractivity contribution in [1.82, 2.24) is 0 Å². The molecule has 0 aliphatic carbocycles. The summed E-state index contributed by atoms with van der Waals surface area (Å²) in [4.78, 5) is 0. The predicted octanol–water partition coefficient (Wildman–Crippen LogP) is 6.82. The minimum atomic E-state index is -2.15. The van der Waals surface area contributed by atoms with Gasteiger partial charge in [-0.25, -0.2) is 0 Å². The number of rotatable bonds is 13. The molecule has 0 atom stereocenters. The molecule has 0 saturated heterocycles. The molecule has 0 fully saturated rings. The third-order valence-corrected chi connectivity index (χ3v) is 13.1. The van der Waals surface area contributed by atoms with E-state index in [4.69, 9.17) is 0 Å². The van der Waals surface area contributed by atoms with Crippen LogP contribution in [0.5, 0.6) is 23.0 Å². The van der Waals surface area contributed by atoms with Gasteiger partial charge in [-0.3, -0.25) is 0 Å². The van der Waals surface area contributed by atoms with Crippen LogP contribution in [-0.2, 0) is 6.42 Å². The molecular weight excluding hydrogens is 503 g/mol. The first-order chi connectivity index (χ1) is 19.0. The van der Waals surface area contributed by atoms with E-state index in [0.29, 0.717) is 17.5 Å². The zero-order valence-electron chi connectivity index (χ0n) is 22.8. The van der Waals surface area contributed by atoms with Gasteiger partial charge in [-0.05, 0) is 0 Å². The van der Waals surface area contributed by atoms with Crippen LogP contribution in [0.3, 0.4) is 0 Å². The van der Waals surface area contributed by atoms with Gasteiger partial charge >= 0.3 is 212 Å². The molecular formula is C34H41O4P. The Morgan fingerprint density at radius 2 is 0.846 bits per heavy atom. The Kier molecular flexibility index (Phi) is 9.90. The van der Waals surface area contributed by atoms with Crippen molar-refractivity contribution < 1.29 is 20.4 Å². The first-order valence-corrected chi connectivity index (χ1v) is 16.3. The third kappa shape index (κ3) is 6.40. The van der Waals surface area contributed by atoms with Gasteiger partial charge in [-0.2, -0.15) is 0 Å². The summed E-state index contributed by atoms with van der Waals surface area (Å²) in [5.74, 6) is -1.99. The Bertz CT molecular complexity index is 1200. The van der Waals surface area contributed by atoms with Crippen LogP contribution in [0.25, 0.3) is 0 Å². The molecule has 0 spiro atoms. The zero-order chi connectivity index (χ0) is 27.7. The van der Waals surface area contributed by atoms with Gasteiger partial charge in [0.25, 0.3) is 0 Å². The van der Waals surface area contributed by atoms with Crippen molar-refractivity contribution in [2.45, 2.75) is 58.3 Å². The van der Waals surface area contributed by atoms with E-state index in [1.807, 2.05) is 0 Å². The summed E-state index contributed by atoms with van der Waals surface area (Å²) in [6.07, 6.45) is 9.43. The van der Waals surface area contributed by atoms with E-state index in [1.165, 1.54) is 41.3 Å². The molecule has 5 heteroatoms. The predicted molar refractivity (Wildman–Crippen MR) is 165 cm³/mol. The van der Waals surface area contributed by atoms with Crippen molar-refractivity contribution in [1.29, 1.82) is 0 Å². The summed E-state index contributed by atoms with van der Waals surface area (Å²) >= 11 is 0. The van der Waals surface area contributed by atoms with Crippen molar-refractivity contribution in [3.63, 3.8) is 0 Å². The monoisotopic (exact) mass is 544 g/mol. The first-order valence-electron chi connectivity index (χ1n) is 14.1. The second-order valence-corrected chi connectivity index (χ2v) is 14.5. The molecule has 206 valence electrons. The summed E-state index contributed by atoms with van der Waals surface area (Å²) in [6.45, 7) is 1.65. The summed E-state index contributed by atoms with van der Waals surface area (Å²) in [6, 6.07) is 33.3. The molecule has 4 rings (SSSR count). The van der Waals surface area contributed by atoms with Crippen molar-refractivity contribution >= 4 is 23.2 Å². The molecule has 0 bridgehead atoms. The Labute approximate surface area is 233 Å². The molecule has 4 aromatic carbocycles. The van der Waals surface area contributed by atoms with Gasteiger partial charge in [0.15, 0.2) is 0 Å². The van der Waals surface area contributed by atoms with Gasteiger partial charge < -0.3 is 15.3 Å². The average Bonchev–Trinajstić information content (AvgIpc) is 2.99. The summed E-state index contributed by atoms with van der Waals surface area (Å²) < 4.78 is 0.